The molecule has 2 aromatic heterocycles. The van der Waals surface area contributed by atoms with Crippen molar-refractivity contribution in [3.63, 3.8) is 0 Å². The number of nitrogens with zero attached hydrogens (tertiary/aromatic N) is 2. The molecule has 3 rings (SSSR count). The molecule has 7 nitrogen and oxygen atoms in total. The number of rotatable bonds is 4. The Morgan fingerprint density at radius 2 is 1.89 bits per heavy atom. The zero-order valence-corrected chi connectivity index (χ0v) is 16.9. The highest BCUT2D eigenvalue weighted by atomic mass is 32.1. The van der Waals surface area contributed by atoms with Crippen LogP contribution >= 0.6 is 11.3 Å². The highest BCUT2D eigenvalue weighted by Gasteiger charge is 2.21. The normalized spacial score (nSPS) is 11.4. The first-order valence-corrected chi connectivity index (χ1v) is 9.58. The minimum atomic E-state index is -0.530. The van der Waals surface area contributed by atoms with Crippen LogP contribution in [0.4, 0.5) is 5.69 Å². The molecule has 0 atom stereocenters. The van der Waals surface area contributed by atoms with Crippen LogP contribution in [0.1, 0.15) is 42.5 Å². The molecule has 0 aliphatic heterocycles. The fraction of sp³-hybridized carbons (Fsp3) is 0.300. The van der Waals surface area contributed by atoms with Gasteiger partial charge in [0.1, 0.15) is 6.61 Å². The number of ether oxygens (including phenoxy) is 1. The Morgan fingerprint density at radius 1 is 1.21 bits per heavy atom. The van der Waals surface area contributed by atoms with Crippen LogP contribution in [0.15, 0.2) is 40.5 Å². The number of carbonyl (C=O) groups is 2. The minimum Gasteiger partial charge on any atom is -0.456 e. The zero-order chi connectivity index (χ0) is 20.5. The van der Waals surface area contributed by atoms with E-state index in [1.165, 1.54) is 21.8 Å². The van der Waals surface area contributed by atoms with Crippen molar-refractivity contribution in [2.45, 2.75) is 34.3 Å². The monoisotopic (exact) mass is 399 g/mol. The molecule has 1 amide bonds. The Morgan fingerprint density at radius 3 is 2.54 bits per heavy atom. The van der Waals surface area contributed by atoms with Gasteiger partial charge in [0.2, 0.25) is 5.91 Å². The van der Waals surface area contributed by atoms with E-state index < -0.39 is 11.4 Å². The summed E-state index contributed by atoms with van der Waals surface area (Å²) in [6.45, 7) is 7.21. The highest BCUT2D eigenvalue weighted by molar-refractivity contribution is 7.15. The van der Waals surface area contributed by atoms with Crippen LogP contribution < -0.4 is 10.9 Å². The second kappa shape index (κ2) is 7.55. The van der Waals surface area contributed by atoms with Crippen molar-refractivity contribution < 1.29 is 14.3 Å². The van der Waals surface area contributed by atoms with Gasteiger partial charge in [0.25, 0.3) is 5.56 Å². The number of esters is 1. The van der Waals surface area contributed by atoms with Gasteiger partial charge in [0, 0.05) is 28.2 Å². The van der Waals surface area contributed by atoms with Crippen LogP contribution in [0.2, 0.25) is 0 Å². The Hall–Kier alpha value is -3.00. The third-order valence-corrected chi connectivity index (χ3v) is 4.98. The van der Waals surface area contributed by atoms with Crippen molar-refractivity contribution >= 4 is 33.9 Å². The van der Waals surface area contributed by atoms with E-state index in [0.717, 1.165) is 5.69 Å². The van der Waals surface area contributed by atoms with E-state index in [1.54, 1.807) is 24.3 Å². The van der Waals surface area contributed by atoms with Crippen molar-refractivity contribution in [1.82, 2.24) is 9.38 Å². The van der Waals surface area contributed by atoms with Crippen LogP contribution in [-0.4, -0.2) is 21.3 Å². The number of anilines is 1. The summed E-state index contributed by atoms with van der Waals surface area (Å²) in [6, 6.07) is 7.81. The molecule has 28 heavy (non-hydrogen) atoms. The van der Waals surface area contributed by atoms with Crippen LogP contribution in [-0.2, 0) is 16.1 Å². The minimum absolute atomic E-state index is 0.0932. The average molecular weight is 399 g/mol. The molecule has 0 radical (unpaired) electrons. The van der Waals surface area contributed by atoms with E-state index >= 15 is 0 Å². The predicted octanol–water partition coefficient (Wildman–Crippen LogP) is 3.41. The Kier molecular flexibility index (Phi) is 5.33. The maximum absolute atomic E-state index is 12.2. The summed E-state index contributed by atoms with van der Waals surface area (Å²) in [5.74, 6) is -0.641. The quantitative estimate of drug-likeness (QED) is 0.679. The lowest BCUT2D eigenvalue weighted by Crippen LogP contribution is -2.27. The first-order chi connectivity index (χ1) is 13.1. The van der Waals surface area contributed by atoms with Crippen LogP contribution in [0.25, 0.3) is 4.96 Å². The standard InChI is InChI=1S/C20H21N3O4S/c1-12-11-28-19-22-15(9-16(24)23(12)19)10-27-17(25)13-5-7-14(8-6-13)21-18(26)20(2,3)4/h5-9,11H,10H2,1-4H3,(H,21,26). The largest absolute Gasteiger partial charge is 0.456 e. The maximum atomic E-state index is 12.2. The van der Waals surface area contributed by atoms with Crippen LogP contribution in [0, 0.1) is 12.3 Å². The maximum Gasteiger partial charge on any atom is 0.338 e. The van der Waals surface area contributed by atoms with Gasteiger partial charge < -0.3 is 10.1 Å². The molecule has 146 valence electrons. The van der Waals surface area contributed by atoms with Crippen LogP contribution in [0.5, 0.6) is 0 Å². The van der Waals surface area contributed by atoms with Gasteiger partial charge in [-0.3, -0.25) is 14.0 Å². The van der Waals surface area contributed by atoms with E-state index in [9.17, 15) is 14.4 Å². The molecule has 0 aliphatic carbocycles. The lowest BCUT2D eigenvalue weighted by atomic mass is 9.95. The van der Waals surface area contributed by atoms with Gasteiger partial charge in [-0.1, -0.05) is 20.8 Å². The lowest BCUT2D eigenvalue weighted by molar-refractivity contribution is -0.123. The second-order valence-corrected chi connectivity index (χ2v) is 8.27. The Labute approximate surface area is 166 Å². The molecule has 0 aliphatic rings. The zero-order valence-electron chi connectivity index (χ0n) is 16.1. The number of amides is 1. The van der Waals surface area contributed by atoms with Crippen molar-refractivity contribution in [2.75, 3.05) is 5.32 Å². The Bertz CT molecular complexity index is 1090. The van der Waals surface area contributed by atoms with Gasteiger partial charge in [-0.05, 0) is 31.2 Å². The van der Waals surface area contributed by atoms with Gasteiger partial charge in [-0.2, -0.15) is 0 Å². The summed E-state index contributed by atoms with van der Waals surface area (Å²) in [7, 11) is 0. The Balaban J connectivity index is 1.65. The van der Waals surface area contributed by atoms with E-state index in [1.807, 2.05) is 33.1 Å². The van der Waals surface area contributed by atoms with Gasteiger partial charge in [0.15, 0.2) is 4.96 Å². The smallest absolute Gasteiger partial charge is 0.338 e. The summed E-state index contributed by atoms with van der Waals surface area (Å²) < 4.78 is 6.78. The number of benzene rings is 1. The molecule has 8 heteroatoms. The molecular weight excluding hydrogens is 378 g/mol. The number of hydrogen-bond donors (Lipinski definition) is 1. The molecule has 1 N–H and O–H groups in total. The third-order valence-electron chi connectivity index (χ3n) is 4.04. The predicted molar refractivity (Wildman–Crippen MR) is 108 cm³/mol. The number of thiazole rings is 1. The fourth-order valence-electron chi connectivity index (χ4n) is 2.41. The van der Waals surface area contributed by atoms with E-state index in [-0.39, 0.29) is 18.1 Å². The first-order valence-electron chi connectivity index (χ1n) is 8.70. The van der Waals surface area contributed by atoms with E-state index in [0.29, 0.717) is 21.9 Å². The van der Waals surface area contributed by atoms with E-state index in [4.69, 9.17) is 4.74 Å². The summed E-state index contributed by atoms with van der Waals surface area (Å²) in [6.07, 6.45) is 0. The van der Waals surface area contributed by atoms with E-state index in [2.05, 4.69) is 10.3 Å². The number of nitrogens with one attached hydrogen (secondary N) is 1. The van der Waals surface area contributed by atoms with Crippen molar-refractivity contribution in [1.29, 1.82) is 0 Å². The summed E-state index contributed by atoms with van der Waals surface area (Å²) >= 11 is 1.36. The van der Waals surface area contributed by atoms with Gasteiger partial charge in [-0.25, -0.2) is 9.78 Å². The number of fused-ring (bicyclic) bond motifs is 1. The van der Waals surface area contributed by atoms with Gasteiger partial charge in [0.05, 0.1) is 11.3 Å². The van der Waals surface area contributed by atoms with Crippen molar-refractivity contribution in [3.8, 4) is 0 Å². The SMILES string of the molecule is Cc1csc2nc(COC(=O)c3ccc(NC(=O)C(C)(C)C)cc3)cc(=O)n12. The fourth-order valence-corrected chi connectivity index (χ4v) is 3.30. The summed E-state index contributed by atoms with van der Waals surface area (Å²) in [5.41, 5.74) is 1.46. The topological polar surface area (TPSA) is 89.8 Å². The molecule has 3 aromatic rings. The molecule has 0 spiro atoms. The summed E-state index contributed by atoms with van der Waals surface area (Å²) in [5, 5.41) is 4.64. The number of hydrogen-bond acceptors (Lipinski definition) is 6. The van der Waals surface area contributed by atoms with Gasteiger partial charge in [-0.15, -0.1) is 11.3 Å². The van der Waals surface area contributed by atoms with Gasteiger partial charge >= 0.3 is 5.97 Å². The molecule has 0 fully saturated rings. The molecule has 0 unspecified atom stereocenters. The van der Waals surface area contributed by atoms with Crippen molar-refractivity contribution in [3.05, 3.63) is 63.0 Å². The first kappa shape index (κ1) is 19.8. The van der Waals surface area contributed by atoms with Crippen molar-refractivity contribution in [2.24, 2.45) is 5.41 Å². The van der Waals surface area contributed by atoms with Crippen LogP contribution in [0.3, 0.4) is 0 Å². The molecule has 0 bridgehead atoms. The third kappa shape index (κ3) is 4.28. The molecule has 0 saturated heterocycles. The molecular formula is C20H21N3O4S. The number of aryl methyl sites for hydroxylation is 1. The number of carbonyl (C=O) groups excluding carboxylic acids is 2. The molecule has 1 aromatic carbocycles. The molecule has 0 saturated carbocycles. The lowest BCUT2D eigenvalue weighted by Gasteiger charge is -2.17. The number of aromatic nitrogens is 2. The second-order valence-electron chi connectivity index (χ2n) is 7.44. The summed E-state index contributed by atoms with van der Waals surface area (Å²) in [4.78, 5) is 41.3. The average Bonchev–Trinajstić information content (AvgIpc) is 3.01. The molecule has 2 heterocycles. The highest BCUT2D eigenvalue weighted by Crippen LogP contribution is 2.18.